The lowest BCUT2D eigenvalue weighted by molar-refractivity contribution is -0.141. The van der Waals surface area contributed by atoms with Crippen molar-refractivity contribution >= 4 is 23.3 Å². The monoisotopic (exact) mass is 364 g/mol. The fourth-order valence-corrected chi connectivity index (χ4v) is 2.99. The zero-order valence-corrected chi connectivity index (χ0v) is 14.9. The minimum Gasteiger partial charge on any atom is -0.460 e. The number of esters is 1. The molecule has 2 aliphatic heterocycles. The normalized spacial score (nSPS) is 18.6. The zero-order chi connectivity index (χ0) is 17.8. The Morgan fingerprint density at radius 3 is 2.92 bits per heavy atom. The number of benzene rings is 1. The van der Waals surface area contributed by atoms with E-state index in [4.69, 9.17) is 31.2 Å². The van der Waals surface area contributed by atoms with Crippen LogP contribution < -0.4 is 20.1 Å². The smallest absolute Gasteiger partial charge is 0.338 e. The first kappa shape index (κ1) is 17.5. The topological polar surface area (TPSA) is 78.1 Å². The second-order valence-electron chi connectivity index (χ2n) is 5.52. The highest BCUT2D eigenvalue weighted by molar-refractivity contribution is 7.80. The summed E-state index contributed by atoms with van der Waals surface area (Å²) < 4.78 is 21.3. The molecule has 0 aromatic heterocycles. The average Bonchev–Trinajstić information content (AvgIpc) is 3.05. The molecule has 0 fully saturated rings. The van der Waals surface area contributed by atoms with E-state index in [-0.39, 0.29) is 13.4 Å². The number of hydrogen-bond donors (Lipinski definition) is 2. The standard InChI is InChI=1S/C17H20N2O5S/c1-3-21-6-7-22-16(20)14-10(2)18-17(25)19-15(14)11-4-5-12-13(8-11)24-9-23-12/h4-5,8,15H,3,6-7,9H2,1-2H3,(H2,18,19,25)/t15-/m1/s1. The maximum atomic E-state index is 12.6. The SMILES string of the molecule is CCOCCOC(=O)C1=C(C)NC(=S)N[C@@H]1c1ccc2c(c1)OCO2. The van der Waals surface area contributed by atoms with Crippen LogP contribution in [0, 0.1) is 0 Å². The molecule has 134 valence electrons. The summed E-state index contributed by atoms with van der Waals surface area (Å²) in [6, 6.07) is 5.11. The van der Waals surface area contributed by atoms with Gasteiger partial charge in [0, 0.05) is 12.3 Å². The van der Waals surface area contributed by atoms with Gasteiger partial charge in [-0.1, -0.05) is 6.07 Å². The van der Waals surface area contributed by atoms with Gasteiger partial charge < -0.3 is 29.6 Å². The number of nitrogens with one attached hydrogen (secondary N) is 2. The predicted octanol–water partition coefficient (Wildman–Crippen LogP) is 1.79. The van der Waals surface area contributed by atoms with Crippen molar-refractivity contribution in [3.63, 3.8) is 0 Å². The molecule has 2 aliphatic rings. The summed E-state index contributed by atoms with van der Waals surface area (Å²) in [4.78, 5) is 12.6. The quantitative estimate of drug-likeness (QED) is 0.449. The number of carbonyl (C=O) groups is 1. The van der Waals surface area contributed by atoms with Gasteiger partial charge in [-0.15, -0.1) is 0 Å². The molecule has 0 aliphatic carbocycles. The van der Waals surface area contributed by atoms with E-state index in [1.807, 2.05) is 25.1 Å². The lowest BCUT2D eigenvalue weighted by atomic mass is 9.95. The van der Waals surface area contributed by atoms with Crippen molar-refractivity contribution in [3.05, 3.63) is 35.0 Å². The maximum Gasteiger partial charge on any atom is 0.338 e. The van der Waals surface area contributed by atoms with E-state index in [0.717, 1.165) is 5.56 Å². The minimum atomic E-state index is -0.428. The highest BCUT2D eigenvalue weighted by Crippen LogP contribution is 2.37. The summed E-state index contributed by atoms with van der Waals surface area (Å²) in [5, 5.41) is 6.55. The summed E-state index contributed by atoms with van der Waals surface area (Å²) in [5.74, 6) is 0.912. The van der Waals surface area contributed by atoms with E-state index in [9.17, 15) is 4.79 Å². The van der Waals surface area contributed by atoms with E-state index < -0.39 is 12.0 Å². The number of carbonyl (C=O) groups excluding carboxylic acids is 1. The molecule has 0 amide bonds. The van der Waals surface area contributed by atoms with Crippen LogP contribution >= 0.6 is 12.2 Å². The molecule has 0 radical (unpaired) electrons. The highest BCUT2D eigenvalue weighted by Gasteiger charge is 2.32. The Labute approximate surface area is 151 Å². The molecule has 1 atom stereocenters. The molecule has 1 aromatic rings. The van der Waals surface area contributed by atoms with Gasteiger partial charge in [-0.2, -0.15) is 0 Å². The van der Waals surface area contributed by atoms with Crippen molar-refractivity contribution in [2.75, 3.05) is 26.6 Å². The molecule has 0 saturated carbocycles. The first-order chi connectivity index (χ1) is 12.1. The Hall–Kier alpha value is -2.32. The van der Waals surface area contributed by atoms with Crippen molar-refractivity contribution in [2.45, 2.75) is 19.9 Å². The summed E-state index contributed by atoms with van der Waals surface area (Å²) in [6.07, 6.45) is 0. The van der Waals surface area contributed by atoms with Gasteiger partial charge in [-0.25, -0.2) is 4.79 Å². The van der Waals surface area contributed by atoms with Crippen LogP contribution in [0.25, 0.3) is 0 Å². The third-order valence-corrected chi connectivity index (χ3v) is 4.10. The van der Waals surface area contributed by atoms with Crippen molar-refractivity contribution in [2.24, 2.45) is 0 Å². The van der Waals surface area contributed by atoms with Crippen LogP contribution in [0.3, 0.4) is 0 Å². The van der Waals surface area contributed by atoms with E-state index >= 15 is 0 Å². The number of rotatable bonds is 6. The molecule has 2 heterocycles. The van der Waals surface area contributed by atoms with E-state index in [0.29, 0.717) is 41.1 Å². The highest BCUT2D eigenvalue weighted by atomic mass is 32.1. The van der Waals surface area contributed by atoms with E-state index in [2.05, 4.69) is 10.6 Å². The zero-order valence-electron chi connectivity index (χ0n) is 14.1. The van der Waals surface area contributed by atoms with Gasteiger partial charge >= 0.3 is 5.97 Å². The Morgan fingerprint density at radius 1 is 1.32 bits per heavy atom. The van der Waals surface area contributed by atoms with Crippen LogP contribution in [0.5, 0.6) is 11.5 Å². The molecule has 0 spiro atoms. The Morgan fingerprint density at radius 2 is 2.12 bits per heavy atom. The van der Waals surface area contributed by atoms with Crippen LogP contribution in [0.15, 0.2) is 29.5 Å². The molecule has 3 rings (SSSR count). The van der Waals surface area contributed by atoms with Gasteiger partial charge in [0.2, 0.25) is 6.79 Å². The van der Waals surface area contributed by atoms with Gasteiger partial charge in [-0.05, 0) is 43.8 Å². The lowest BCUT2D eigenvalue weighted by Gasteiger charge is -2.30. The molecule has 2 N–H and O–H groups in total. The molecule has 25 heavy (non-hydrogen) atoms. The molecule has 0 bridgehead atoms. The second kappa shape index (κ2) is 7.71. The predicted molar refractivity (Wildman–Crippen MR) is 94.3 cm³/mol. The van der Waals surface area contributed by atoms with Crippen molar-refractivity contribution in [1.29, 1.82) is 0 Å². The number of hydrogen-bond acceptors (Lipinski definition) is 6. The molecule has 1 aromatic carbocycles. The number of thiocarbonyl (C=S) groups is 1. The number of allylic oxidation sites excluding steroid dienone is 1. The van der Waals surface area contributed by atoms with Gasteiger partial charge in [0.1, 0.15) is 6.61 Å². The van der Waals surface area contributed by atoms with Crippen molar-refractivity contribution < 1.29 is 23.7 Å². The summed E-state index contributed by atoms with van der Waals surface area (Å²) >= 11 is 5.24. The van der Waals surface area contributed by atoms with Crippen LogP contribution in [-0.4, -0.2) is 37.7 Å². The van der Waals surface area contributed by atoms with Crippen LogP contribution in [-0.2, 0) is 14.3 Å². The number of ether oxygens (including phenoxy) is 4. The average molecular weight is 364 g/mol. The van der Waals surface area contributed by atoms with Crippen LogP contribution in [0.2, 0.25) is 0 Å². The van der Waals surface area contributed by atoms with E-state index in [1.54, 1.807) is 6.92 Å². The van der Waals surface area contributed by atoms with Crippen LogP contribution in [0.1, 0.15) is 25.5 Å². The molecule has 0 unspecified atom stereocenters. The fourth-order valence-electron chi connectivity index (χ4n) is 2.72. The molecule has 7 nitrogen and oxygen atoms in total. The first-order valence-electron chi connectivity index (χ1n) is 8.03. The third kappa shape index (κ3) is 3.85. The fraction of sp³-hybridized carbons (Fsp3) is 0.412. The minimum absolute atomic E-state index is 0.193. The summed E-state index contributed by atoms with van der Waals surface area (Å²) in [7, 11) is 0. The molecule has 0 saturated heterocycles. The van der Waals surface area contributed by atoms with Crippen LogP contribution in [0.4, 0.5) is 0 Å². The second-order valence-corrected chi connectivity index (χ2v) is 5.92. The number of fused-ring (bicyclic) bond motifs is 1. The largest absolute Gasteiger partial charge is 0.460 e. The van der Waals surface area contributed by atoms with Crippen molar-refractivity contribution in [1.82, 2.24) is 10.6 Å². The Bertz CT molecular complexity index is 719. The van der Waals surface area contributed by atoms with Gasteiger partial charge in [0.25, 0.3) is 0 Å². The van der Waals surface area contributed by atoms with Gasteiger partial charge in [0.05, 0.1) is 18.2 Å². The Balaban J connectivity index is 1.83. The lowest BCUT2D eigenvalue weighted by Crippen LogP contribution is -2.45. The molecular formula is C17H20N2O5S. The van der Waals surface area contributed by atoms with Crippen molar-refractivity contribution in [3.8, 4) is 11.5 Å². The summed E-state index contributed by atoms with van der Waals surface area (Å²) in [6.45, 7) is 5.02. The third-order valence-electron chi connectivity index (χ3n) is 3.88. The summed E-state index contributed by atoms with van der Waals surface area (Å²) in [5.41, 5.74) is 1.97. The Kier molecular flexibility index (Phi) is 5.40. The van der Waals surface area contributed by atoms with Gasteiger partial charge in [-0.3, -0.25) is 0 Å². The first-order valence-corrected chi connectivity index (χ1v) is 8.43. The van der Waals surface area contributed by atoms with Gasteiger partial charge in [0.15, 0.2) is 16.6 Å². The molecular weight excluding hydrogens is 344 g/mol. The van der Waals surface area contributed by atoms with E-state index in [1.165, 1.54) is 0 Å². The molecule has 8 heteroatoms. The maximum absolute atomic E-state index is 12.6.